The van der Waals surface area contributed by atoms with Crippen LogP contribution in [0.25, 0.3) is 0 Å². The lowest BCUT2D eigenvalue weighted by Gasteiger charge is -2.12. The first-order valence-corrected chi connectivity index (χ1v) is 8.10. The maximum atomic E-state index is 13.5. The number of rotatable bonds is 9. The molecule has 0 radical (unpaired) electrons. The van der Waals surface area contributed by atoms with Gasteiger partial charge in [0.25, 0.3) is 0 Å². The molecule has 0 bridgehead atoms. The van der Waals surface area contributed by atoms with Crippen molar-refractivity contribution in [2.75, 3.05) is 30.3 Å². The first-order valence-electron chi connectivity index (χ1n) is 8.10. The normalized spacial score (nSPS) is 10.6. The van der Waals surface area contributed by atoms with Crippen LogP contribution in [0.1, 0.15) is 20.3 Å². The molecular weight excluding hydrogens is 291 g/mol. The third-order valence-corrected chi connectivity index (χ3v) is 3.44. The third kappa shape index (κ3) is 6.19. The summed E-state index contributed by atoms with van der Waals surface area (Å²) < 4.78 is 19.2. The molecule has 0 aliphatic rings. The van der Waals surface area contributed by atoms with E-state index >= 15 is 0 Å². The van der Waals surface area contributed by atoms with E-state index < -0.39 is 0 Å². The Hall–Kier alpha value is -2.23. The van der Waals surface area contributed by atoms with Crippen LogP contribution in [0.2, 0.25) is 0 Å². The molecule has 2 rings (SSSR count). The van der Waals surface area contributed by atoms with Gasteiger partial charge in [-0.25, -0.2) is 4.39 Å². The maximum absolute atomic E-state index is 13.5. The van der Waals surface area contributed by atoms with Gasteiger partial charge in [-0.3, -0.25) is 0 Å². The van der Waals surface area contributed by atoms with Crippen molar-refractivity contribution in [1.29, 1.82) is 0 Å². The van der Waals surface area contributed by atoms with Crippen LogP contribution in [0.4, 0.5) is 15.8 Å². The standard InChI is InChI=1S/C19H25FN2O/c1-15(2)10-13-23-17-7-5-6-16(14-17)21-11-12-22-19-9-4-3-8-18(19)20/h3-9,14-15,21-22H,10-13H2,1-2H3. The largest absolute Gasteiger partial charge is 0.494 e. The number of nitrogens with one attached hydrogen (secondary N) is 2. The molecule has 0 unspecified atom stereocenters. The molecule has 3 nitrogen and oxygen atoms in total. The summed E-state index contributed by atoms with van der Waals surface area (Å²) in [7, 11) is 0. The van der Waals surface area contributed by atoms with E-state index in [1.54, 1.807) is 12.1 Å². The molecule has 2 N–H and O–H groups in total. The first kappa shape index (κ1) is 17.1. The Morgan fingerprint density at radius 2 is 1.78 bits per heavy atom. The number of benzene rings is 2. The van der Waals surface area contributed by atoms with Crippen molar-refractivity contribution in [2.24, 2.45) is 5.92 Å². The topological polar surface area (TPSA) is 33.3 Å². The number of ether oxygens (including phenoxy) is 1. The Morgan fingerprint density at radius 3 is 2.57 bits per heavy atom. The highest BCUT2D eigenvalue weighted by Gasteiger charge is 2.00. The molecule has 124 valence electrons. The number of hydrogen-bond donors (Lipinski definition) is 2. The highest BCUT2D eigenvalue weighted by Crippen LogP contribution is 2.18. The fourth-order valence-electron chi connectivity index (χ4n) is 2.12. The van der Waals surface area contributed by atoms with Crippen molar-refractivity contribution in [3.8, 4) is 5.75 Å². The second-order valence-corrected chi connectivity index (χ2v) is 5.89. The van der Waals surface area contributed by atoms with Gasteiger partial charge in [-0.05, 0) is 36.6 Å². The van der Waals surface area contributed by atoms with Gasteiger partial charge in [0.2, 0.25) is 0 Å². The summed E-state index contributed by atoms with van der Waals surface area (Å²) in [5, 5.41) is 6.38. The lowest BCUT2D eigenvalue weighted by atomic mass is 10.1. The summed E-state index contributed by atoms with van der Waals surface area (Å²) >= 11 is 0. The summed E-state index contributed by atoms with van der Waals surface area (Å²) in [5.41, 5.74) is 1.53. The minimum Gasteiger partial charge on any atom is -0.494 e. The van der Waals surface area contributed by atoms with Gasteiger partial charge in [-0.15, -0.1) is 0 Å². The van der Waals surface area contributed by atoms with E-state index in [4.69, 9.17) is 4.74 Å². The Kier molecular flexibility index (Phi) is 6.73. The van der Waals surface area contributed by atoms with Crippen molar-refractivity contribution < 1.29 is 9.13 Å². The molecule has 2 aromatic carbocycles. The van der Waals surface area contributed by atoms with Crippen molar-refractivity contribution >= 4 is 11.4 Å². The van der Waals surface area contributed by atoms with E-state index in [1.165, 1.54) is 6.07 Å². The highest BCUT2D eigenvalue weighted by molar-refractivity contribution is 5.49. The molecule has 4 heteroatoms. The van der Waals surface area contributed by atoms with Gasteiger partial charge in [0.1, 0.15) is 11.6 Å². The molecule has 0 aliphatic heterocycles. The summed E-state index contributed by atoms with van der Waals surface area (Å²) in [6, 6.07) is 14.6. The summed E-state index contributed by atoms with van der Waals surface area (Å²) in [4.78, 5) is 0. The van der Waals surface area contributed by atoms with Gasteiger partial charge >= 0.3 is 0 Å². The van der Waals surface area contributed by atoms with E-state index in [0.29, 0.717) is 24.7 Å². The Balaban J connectivity index is 1.74. The van der Waals surface area contributed by atoms with Gasteiger partial charge in [-0.2, -0.15) is 0 Å². The van der Waals surface area contributed by atoms with E-state index in [9.17, 15) is 4.39 Å². The lowest BCUT2D eigenvalue weighted by Crippen LogP contribution is -2.14. The Labute approximate surface area is 137 Å². The first-order chi connectivity index (χ1) is 11.1. The SMILES string of the molecule is CC(C)CCOc1cccc(NCCNc2ccccc2F)c1. The second kappa shape index (κ2) is 9.03. The van der Waals surface area contributed by atoms with Crippen LogP contribution in [0.5, 0.6) is 5.75 Å². The maximum Gasteiger partial charge on any atom is 0.146 e. The van der Waals surface area contributed by atoms with Crippen molar-refractivity contribution in [2.45, 2.75) is 20.3 Å². The van der Waals surface area contributed by atoms with E-state index in [0.717, 1.165) is 24.5 Å². The zero-order valence-electron chi connectivity index (χ0n) is 13.8. The minimum absolute atomic E-state index is 0.229. The average Bonchev–Trinajstić information content (AvgIpc) is 2.53. The van der Waals surface area contributed by atoms with E-state index in [1.807, 2.05) is 30.3 Å². The van der Waals surface area contributed by atoms with Crippen LogP contribution in [-0.4, -0.2) is 19.7 Å². The molecule has 23 heavy (non-hydrogen) atoms. The summed E-state index contributed by atoms with van der Waals surface area (Å²) in [6.07, 6.45) is 1.05. The molecule has 0 saturated carbocycles. The monoisotopic (exact) mass is 316 g/mol. The number of anilines is 2. The second-order valence-electron chi connectivity index (χ2n) is 5.89. The summed E-state index contributed by atoms with van der Waals surface area (Å²) in [6.45, 7) is 6.44. The van der Waals surface area contributed by atoms with Crippen molar-refractivity contribution in [3.63, 3.8) is 0 Å². The summed E-state index contributed by atoms with van der Waals surface area (Å²) in [5.74, 6) is 1.28. The smallest absolute Gasteiger partial charge is 0.146 e. The molecule has 0 heterocycles. The molecular formula is C19H25FN2O. The molecule has 0 aliphatic carbocycles. The molecule has 0 spiro atoms. The van der Waals surface area contributed by atoms with Crippen LogP contribution in [-0.2, 0) is 0 Å². The minimum atomic E-state index is -0.229. The predicted molar refractivity (Wildman–Crippen MR) is 94.8 cm³/mol. The molecule has 0 saturated heterocycles. The fraction of sp³-hybridized carbons (Fsp3) is 0.368. The molecule has 0 atom stereocenters. The molecule has 0 amide bonds. The quantitative estimate of drug-likeness (QED) is 0.654. The lowest BCUT2D eigenvalue weighted by molar-refractivity contribution is 0.289. The highest BCUT2D eigenvalue weighted by atomic mass is 19.1. The fourth-order valence-corrected chi connectivity index (χ4v) is 2.12. The zero-order chi connectivity index (χ0) is 16.5. The van der Waals surface area contributed by atoms with Gasteiger partial charge in [-0.1, -0.05) is 32.0 Å². The van der Waals surface area contributed by atoms with Gasteiger partial charge in [0.15, 0.2) is 0 Å². The van der Waals surface area contributed by atoms with E-state index in [-0.39, 0.29) is 5.82 Å². The van der Waals surface area contributed by atoms with E-state index in [2.05, 4.69) is 24.5 Å². The molecule has 2 aromatic rings. The van der Waals surface area contributed by atoms with Gasteiger partial charge in [0.05, 0.1) is 12.3 Å². The third-order valence-electron chi connectivity index (χ3n) is 3.44. The van der Waals surface area contributed by atoms with Crippen LogP contribution >= 0.6 is 0 Å². The Morgan fingerprint density at radius 1 is 1.00 bits per heavy atom. The average molecular weight is 316 g/mol. The molecule has 0 fully saturated rings. The number of halogens is 1. The van der Waals surface area contributed by atoms with Crippen LogP contribution in [0, 0.1) is 11.7 Å². The predicted octanol–water partition coefficient (Wildman–Crippen LogP) is 4.77. The Bertz CT molecular complexity index is 601. The van der Waals surface area contributed by atoms with Crippen LogP contribution in [0.3, 0.4) is 0 Å². The van der Waals surface area contributed by atoms with Gasteiger partial charge in [0, 0.05) is 24.8 Å². The van der Waals surface area contributed by atoms with Gasteiger partial charge < -0.3 is 15.4 Å². The van der Waals surface area contributed by atoms with Crippen molar-refractivity contribution in [1.82, 2.24) is 0 Å². The molecule has 0 aromatic heterocycles. The number of hydrogen-bond acceptors (Lipinski definition) is 3. The van der Waals surface area contributed by atoms with Crippen molar-refractivity contribution in [3.05, 3.63) is 54.3 Å². The van der Waals surface area contributed by atoms with Crippen LogP contribution < -0.4 is 15.4 Å². The number of para-hydroxylation sites is 1. The zero-order valence-corrected chi connectivity index (χ0v) is 13.8. The van der Waals surface area contributed by atoms with Crippen LogP contribution in [0.15, 0.2) is 48.5 Å².